The Morgan fingerprint density at radius 1 is 1.18 bits per heavy atom. The van der Waals surface area contributed by atoms with Crippen LogP contribution in [0.15, 0.2) is 0 Å². The van der Waals surface area contributed by atoms with Crippen LogP contribution in [0.5, 0.6) is 0 Å². The van der Waals surface area contributed by atoms with Gasteiger partial charge in [-0.15, -0.1) is 0 Å². The number of hydrogen-bond donors (Lipinski definition) is 0. The second-order valence-corrected chi connectivity index (χ2v) is 5.33. The highest BCUT2D eigenvalue weighted by Gasteiger charge is 2.72. The fourth-order valence-corrected chi connectivity index (χ4v) is 3.51. The van der Waals surface area contributed by atoms with Gasteiger partial charge in [0.1, 0.15) is 0 Å². The van der Waals surface area contributed by atoms with Crippen LogP contribution in [0.25, 0.3) is 0 Å². The quantitative estimate of drug-likeness (QED) is 0.485. The lowest BCUT2D eigenvalue weighted by molar-refractivity contribution is -0.0789. The molecule has 1 heterocycles. The van der Waals surface area contributed by atoms with E-state index in [1.165, 1.54) is 12.8 Å². The van der Waals surface area contributed by atoms with Gasteiger partial charge >= 0.3 is 0 Å². The molecule has 1 saturated heterocycles. The van der Waals surface area contributed by atoms with E-state index in [2.05, 4.69) is 20.8 Å². The second-order valence-electron chi connectivity index (χ2n) is 5.33. The van der Waals surface area contributed by atoms with Crippen LogP contribution in [-0.2, 0) is 4.74 Å². The van der Waals surface area contributed by atoms with Crippen molar-refractivity contribution in [3.63, 3.8) is 0 Å². The summed E-state index contributed by atoms with van der Waals surface area (Å²) < 4.78 is 5.75. The molecule has 1 unspecified atom stereocenters. The molecule has 4 aliphatic rings. The van der Waals surface area contributed by atoms with E-state index in [4.69, 9.17) is 4.74 Å². The van der Waals surface area contributed by atoms with Gasteiger partial charge in [0, 0.05) is 0 Å². The molecule has 0 radical (unpaired) electrons. The predicted octanol–water partition coefficient (Wildman–Crippen LogP) is 2.21. The van der Waals surface area contributed by atoms with Crippen LogP contribution < -0.4 is 0 Å². The SMILES string of the molecule is CC1(C)[C@@H]2C[C@H]1C1(C)O[C@@H]1C2. The Morgan fingerprint density at radius 3 is 2.36 bits per heavy atom. The van der Waals surface area contributed by atoms with Crippen molar-refractivity contribution in [3.05, 3.63) is 0 Å². The van der Waals surface area contributed by atoms with E-state index in [1.807, 2.05) is 0 Å². The van der Waals surface area contributed by atoms with Gasteiger partial charge < -0.3 is 4.74 Å². The third-order valence-electron chi connectivity index (χ3n) is 4.64. The average molecular weight is 152 g/mol. The van der Waals surface area contributed by atoms with E-state index in [0.29, 0.717) is 17.1 Å². The zero-order chi connectivity index (χ0) is 7.85. The standard InChI is InChI=1S/C10H16O/c1-9(2)6-4-7(9)10(3)8(5-6)11-10/h6-8H,4-5H2,1-3H3/t6-,7-,8-,10?/m1/s1. The molecule has 1 heteroatoms. The van der Waals surface area contributed by atoms with Gasteiger partial charge in [-0.2, -0.15) is 0 Å². The van der Waals surface area contributed by atoms with Crippen molar-refractivity contribution in [2.75, 3.05) is 0 Å². The van der Waals surface area contributed by atoms with Crippen LogP contribution >= 0.6 is 0 Å². The fraction of sp³-hybridized carbons (Fsp3) is 1.00. The zero-order valence-electron chi connectivity index (χ0n) is 7.55. The van der Waals surface area contributed by atoms with Crippen LogP contribution in [-0.4, -0.2) is 11.7 Å². The maximum atomic E-state index is 5.75. The first-order chi connectivity index (χ1) is 5.05. The summed E-state index contributed by atoms with van der Waals surface area (Å²) in [6.07, 6.45) is 3.40. The normalized spacial score (nSPS) is 63.0. The molecule has 0 amide bonds. The van der Waals surface area contributed by atoms with Gasteiger partial charge in [0.25, 0.3) is 0 Å². The Balaban J connectivity index is 1.98. The molecule has 3 saturated carbocycles. The van der Waals surface area contributed by atoms with Gasteiger partial charge in [-0.1, -0.05) is 13.8 Å². The Hall–Kier alpha value is -0.0400. The molecule has 0 aromatic carbocycles. The maximum absolute atomic E-state index is 5.75. The predicted molar refractivity (Wildman–Crippen MR) is 43.3 cm³/mol. The van der Waals surface area contributed by atoms with E-state index < -0.39 is 0 Å². The molecule has 1 nitrogen and oxygen atoms in total. The molecular formula is C10H16O. The lowest BCUT2D eigenvalue weighted by atomic mass is 9.46. The van der Waals surface area contributed by atoms with Gasteiger partial charge in [0.15, 0.2) is 0 Å². The first-order valence-corrected chi connectivity index (χ1v) is 4.73. The summed E-state index contributed by atoms with van der Waals surface area (Å²) >= 11 is 0. The Kier molecular flexibility index (Phi) is 0.820. The molecule has 1 aliphatic heterocycles. The molecule has 4 atom stereocenters. The number of ether oxygens (including phenoxy) is 1. The Labute approximate surface area is 68.1 Å². The second kappa shape index (κ2) is 1.39. The van der Waals surface area contributed by atoms with Crippen molar-refractivity contribution in [2.24, 2.45) is 17.3 Å². The highest BCUT2D eigenvalue weighted by molar-refractivity contribution is 5.20. The topological polar surface area (TPSA) is 12.5 Å². The van der Waals surface area contributed by atoms with Gasteiger partial charge in [-0.05, 0) is 37.0 Å². The Morgan fingerprint density at radius 2 is 1.91 bits per heavy atom. The lowest BCUT2D eigenvalue weighted by Crippen LogP contribution is -2.56. The summed E-state index contributed by atoms with van der Waals surface area (Å²) in [5.74, 6) is 1.83. The highest BCUT2D eigenvalue weighted by atomic mass is 16.6. The van der Waals surface area contributed by atoms with Crippen molar-refractivity contribution in [3.8, 4) is 0 Å². The van der Waals surface area contributed by atoms with E-state index in [1.54, 1.807) is 0 Å². The van der Waals surface area contributed by atoms with E-state index in [-0.39, 0.29) is 0 Å². The molecule has 4 fully saturated rings. The number of hydrogen-bond acceptors (Lipinski definition) is 1. The van der Waals surface area contributed by atoms with Crippen molar-refractivity contribution >= 4 is 0 Å². The van der Waals surface area contributed by atoms with Gasteiger partial charge in [-0.25, -0.2) is 0 Å². The van der Waals surface area contributed by atoms with E-state index in [0.717, 1.165) is 11.8 Å². The van der Waals surface area contributed by atoms with Crippen LogP contribution in [0, 0.1) is 17.3 Å². The largest absolute Gasteiger partial charge is 0.366 e. The van der Waals surface area contributed by atoms with Crippen LogP contribution in [0.1, 0.15) is 33.6 Å². The molecule has 62 valence electrons. The Bertz CT molecular complexity index is 216. The minimum absolute atomic E-state index is 0.304. The van der Waals surface area contributed by atoms with Crippen LogP contribution in [0.2, 0.25) is 0 Å². The summed E-state index contributed by atoms with van der Waals surface area (Å²) in [6.45, 7) is 7.13. The molecule has 0 N–H and O–H groups in total. The summed E-state index contributed by atoms with van der Waals surface area (Å²) in [7, 11) is 0. The van der Waals surface area contributed by atoms with Crippen molar-refractivity contribution < 1.29 is 4.74 Å². The molecule has 4 rings (SSSR count). The van der Waals surface area contributed by atoms with Gasteiger partial charge in [-0.3, -0.25) is 0 Å². The molecule has 0 spiro atoms. The molecule has 11 heavy (non-hydrogen) atoms. The summed E-state index contributed by atoms with van der Waals surface area (Å²) in [5, 5.41) is 0. The molecule has 0 aromatic heterocycles. The van der Waals surface area contributed by atoms with Crippen LogP contribution in [0.3, 0.4) is 0 Å². The van der Waals surface area contributed by atoms with Crippen molar-refractivity contribution in [2.45, 2.75) is 45.3 Å². The van der Waals surface area contributed by atoms with Crippen molar-refractivity contribution in [1.29, 1.82) is 0 Å². The van der Waals surface area contributed by atoms with Crippen molar-refractivity contribution in [1.82, 2.24) is 0 Å². The van der Waals surface area contributed by atoms with E-state index in [9.17, 15) is 0 Å². The summed E-state index contributed by atoms with van der Waals surface area (Å²) in [4.78, 5) is 0. The first kappa shape index (κ1) is 6.47. The smallest absolute Gasteiger partial charge is 0.0953 e. The lowest BCUT2D eigenvalue weighted by Gasteiger charge is -2.57. The fourth-order valence-electron chi connectivity index (χ4n) is 3.51. The average Bonchev–Trinajstić information content (AvgIpc) is 2.58. The first-order valence-electron chi connectivity index (χ1n) is 4.73. The molecule has 2 bridgehead atoms. The minimum Gasteiger partial charge on any atom is -0.366 e. The van der Waals surface area contributed by atoms with Crippen LogP contribution in [0.4, 0.5) is 0 Å². The number of rotatable bonds is 0. The highest BCUT2D eigenvalue weighted by Crippen LogP contribution is 2.70. The molecule has 3 aliphatic carbocycles. The molecule has 0 aromatic rings. The summed E-state index contributed by atoms with van der Waals surface area (Å²) in [6, 6.07) is 0. The van der Waals surface area contributed by atoms with E-state index >= 15 is 0 Å². The minimum atomic E-state index is 0.304. The monoisotopic (exact) mass is 152 g/mol. The third-order valence-corrected chi connectivity index (χ3v) is 4.64. The number of epoxide rings is 1. The third kappa shape index (κ3) is 0.516. The van der Waals surface area contributed by atoms with Gasteiger partial charge in [0.05, 0.1) is 11.7 Å². The maximum Gasteiger partial charge on any atom is 0.0953 e. The summed E-state index contributed by atoms with van der Waals surface area (Å²) in [5.41, 5.74) is 0.889. The zero-order valence-corrected chi connectivity index (χ0v) is 7.55. The van der Waals surface area contributed by atoms with Gasteiger partial charge in [0.2, 0.25) is 0 Å². The molecular weight excluding hydrogens is 136 g/mol.